The van der Waals surface area contributed by atoms with Crippen molar-refractivity contribution in [1.29, 1.82) is 0 Å². The van der Waals surface area contributed by atoms with Gasteiger partial charge in [-0.2, -0.15) is 0 Å². The Labute approximate surface area is 164 Å². The molecule has 1 aromatic heterocycles. The van der Waals surface area contributed by atoms with E-state index >= 15 is 0 Å². The first-order chi connectivity index (χ1) is 13.4. The summed E-state index contributed by atoms with van der Waals surface area (Å²) in [5.74, 6) is 0.576. The summed E-state index contributed by atoms with van der Waals surface area (Å²) >= 11 is 0. The van der Waals surface area contributed by atoms with Crippen molar-refractivity contribution in [2.45, 2.75) is 39.9 Å². The molecule has 0 aliphatic heterocycles. The molecule has 28 heavy (non-hydrogen) atoms. The maximum Gasteiger partial charge on any atom is 0.311 e. The lowest BCUT2D eigenvalue weighted by atomic mass is 10.1. The van der Waals surface area contributed by atoms with Gasteiger partial charge in [0.15, 0.2) is 6.10 Å². The highest BCUT2D eigenvalue weighted by molar-refractivity contribution is 5.83. The van der Waals surface area contributed by atoms with E-state index in [1.165, 1.54) is 6.92 Å². The van der Waals surface area contributed by atoms with E-state index in [0.717, 1.165) is 22.6 Å². The zero-order valence-corrected chi connectivity index (χ0v) is 16.6. The summed E-state index contributed by atoms with van der Waals surface area (Å²) in [7, 11) is 1.54. The molecule has 1 amide bonds. The molecule has 152 valence electrons. The molecule has 1 heterocycles. The van der Waals surface area contributed by atoms with Crippen LogP contribution < -0.4 is 10.1 Å². The van der Waals surface area contributed by atoms with E-state index in [1.54, 1.807) is 31.4 Å². The fourth-order valence-electron chi connectivity index (χ4n) is 2.45. The van der Waals surface area contributed by atoms with E-state index in [0.29, 0.717) is 25.5 Å². The average molecular weight is 390 g/mol. The Bertz CT molecular complexity index is 765. The predicted molar refractivity (Wildman–Crippen MR) is 101 cm³/mol. The van der Waals surface area contributed by atoms with Crippen LogP contribution in [-0.2, 0) is 32.1 Å². The monoisotopic (exact) mass is 390 g/mol. The number of nitrogens with zero attached hydrogens (tertiary/aromatic N) is 1. The Morgan fingerprint density at radius 2 is 1.93 bits per heavy atom. The van der Waals surface area contributed by atoms with Crippen LogP contribution in [0.25, 0.3) is 0 Å². The van der Waals surface area contributed by atoms with Crippen LogP contribution in [0.15, 0.2) is 28.8 Å². The van der Waals surface area contributed by atoms with Crippen LogP contribution in [0.4, 0.5) is 0 Å². The molecule has 1 aromatic carbocycles. The van der Waals surface area contributed by atoms with Gasteiger partial charge in [-0.3, -0.25) is 9.59 Å². The van der Waals surface area contributed by atoms with Gasteiger partial charge in [0, 0.05) is 13.7 Å². The van der Waals surface area contributed by atoms with Crippen molar-refractivity contribution >= 4 is 11.9 Å². The third-order valence-electron chi connectivity index (χ3n) is 4.12. The maximum absolute atomic E-state index is 12.0. The van der Waals surface area contributed by atoms with Crippen molar-refractivity contribution in [3.63, 3.8) is 0 Å². The number of aryl methyl sites for hydroxylation is 2. The van der Waals surface area contributed by atoms with E-state index in [1.807, 2.05) is 13.8 Å². The van der Waals surface area contributed by atoms with Crippen LogP contribution in [0.5, 0.6) is 5.75 Å². The molecule has 0 spiro atoms. The Kier molecular flexibility index (Phi) is 8.01. The number of hydrogen-bond acceptors (Lipinski definition) is 7. The second kappa shape index (κ2) is 10.5. The van der Waals surface area contributed by atoms with Gasteiger partial charge in [0.2, 0.25) is 0 Å². The van der Waals surface area contributed by atoms with E-state index < -0.39 is 12.1 Å². The first-order valence-corrected chi connectivity index (χ1v) is 9.00. The lowest BCUT2D eigenvalue weighted by Gasteiger charge is -2.13. The normalized spacial score (nSPS) is 11.7. The molecule has 2 rings (SSSR count). The SMILES string of the molecule is COCCNC(=O)[C@H](C)OC(=O)Cc1ccc(OCc2c(C)noc2C)cc1. The summed E-state index contributed by atoms with van der Waals surface area (Å²) in [6.07, 6.45) is -0.790. The van der Waals surface area contributed by atoms with Crippen molar-refractivity contribution in [3.8, 4) is 5.75 Å². The number of benzene rings is 1. The van der Waals surface area contributed by atoms with Crippen molar-refractivity contribution in [2.75, 3.05) is 20.3 Å². The van der Waals surface area contributed by atoms with Crippen molar-refractivity contribution in [3.05, 3.63) is 46.8 Å². The molecule has 0 aliphatic carbocycles. The second-order valence-electron chi connectivity index (χ2n) is 6.33. The molecule has 0 bridgehead atoms. The average Bonchev–Trinajstić information content (AvgIpc) is 2.99. The fraction of sp³-hybridized carbons (Fsp3) is 0.450. The Morgan fingerprint density at radius 1 is 1.21 bits per heavy atom. The third kappa shape index (κ3) is 6.38. The number of esters is 1. The Balaban J connectivity index is 1.79. The molecule has 0 saturated heterocycles. The maximum atomic E-state index is 12.0. The summed E-state index contributed by atoms with van der Waals surface area (Å²) in [5.41, 5.74) is 2.49. The number of nitrogens with one attached hydrogen (secondary N) is 1. The van der Waals surface area contributed by atoms with Crippen molar-refractivity contribution < 1.29 is 28.3 Å². The van der Waals surface area contributed by atoms with Crippen LogP contribution in [0, 0.1) is 13.8 Å². The predicted octanol–water partition coefficient (Wildman–Crippen LogP) is 2.11. The highest BCUT2D eigenvalue weighted by atomic mass is 16.5. The van der Waals surface area contributed by atoms with Crippen LogP contribution in [0.2, 0.25) is 0 Å². The molecule has 8 nitrogen and oxygen atoms in total. The number of carbonyl (C=O) groups is 2. The smallest absolute Gasteiger partial charge is 0.311 e. The summed E-state index contributed by atoms with van der Waals surface area (Å²) in [6.45, 7) is 6.36. The van der Waals surface area contributed by atoms with E-state index in [4.69, 9.17) is 18.7 Å². The summed E-state index contributed by atoms with van der Waals surface area (Å²) in [4.78, 5) is 23.8. The number of rotatable bonds is 10. The Hall–Kier alpha value is -2.87. The minimum absolute atomic E-state index is 0.0693. The largest absolute Gasteiger partial charge is 0.489 e. The van der Waals surface area contributed by atoms with Crippen molar-refractivity contribution in [1.82, 2.24) is 10.5 Å². The number of methoxy groups -OCH3 is 1. The van der Waals surface area contributed by atoms with Gasteiger partial charge in [-0.1, -0.05) is 17.3 Å². The topological polar surface area (TPSA) is 99.9 Å². The molecule has 2 aromatic rings. The van der Waals surface area contributed by atoms with Gasteiger partial charge in [-0.25, -0.2) is 0 Å². The highest BCUT2D eigenvalue weighted by Crippen LogP contribution is 2.18. The number of ether oxygens (including phenoxy) is 3. The van der Waals surface area contributed by atoms with Crippen LogP contribution in [0.1, 0.15) is 29.5 Å². The fourth-order valence-corrected chi connectivity index (χ4v) is 2.45. The molecule has 1 atom stereocenters. The molecule has 8 heteroatoms. The molecule has 0 unspecified atom stereocenters. The first-order valence-electron chi connectivity index (χ1n) is 9.00. The van der Waals surface area contributed by atoms with Crippen LogP contribution in [0.3, 0.4) is 0 Å². The van der Waals surface area contributed by atoms with Gasteiger partial charge in [0.05, 0.1) is 24.3 Å². The standard InChI is InChI=1S/C20H26N2O6/c1-13-18(14(2)28-22-13)12-26-17-7-5-16(6-8-17)11-19(23)27-15(3)20(24)21-9-10-25-4/h5-8,15H,9-12H2,1-4H3,(H,21,24)/t15-/m0/s1. The number of amides is 1. The molecule has 0 aliphatic rings. The molecule has 1 N–H and O–H groups in total. The van der Waals surface area contributed by atoms with Gasteiger partial charge >= 0.3 is 5.97 Å². The number of carbonyl (C=O) groups excluding carboxylic acids is 2. The molecule has 0 radical (unpaired) electrons. The number of hydrogen-bond donors (Lipinski definition) is 1. The molecule has 0 fully saturated rings. The van der Waals surface area contributed by atoms with Gasteiger partial charge < -0.3 is 24.1 Å². The van der Waals surface area contributed by atoms with Gasteiger partial charge in [-0.15, -0.1) is 0 Å². The summed E-state index contributed by atoms with van der Waals surface area (Å²) in [6, 6.07) is 7.13. The lowest BCUT2D eigenvalue weighted by molar-refractivity contribution is -0.154. The minimum atomic E-state index is -0.859. The molecular formula is C20H26N2O6. The summed E-state index contributed by atoms with van der Waals surface area (Å²) in [5, 5.41) is 6.52. The van der Waals surface area contributed by atoms with Gasteiger partial charge in [0.1, 0.15) is 18.1 Å². The van der Waals surface area contributed by atoms with Gasteiger partial charge in [-0.05, 0) is 38.5 Å². The Morgan fingerprint density at radius 3 is 2.54 bits per heavy atom. The van der Waals surface area contributed by atoms with Crippen molar-refractivity contribution in [2.24, 2.45) is 0 Å². The van der Waals surface area contributed by atoms with E-state index in [9.17, 15) is 9.59 Å². The van der Waals surface area contributed by atoms with Gasteiger partial charge in [0.25, 0.3) is 5.91 Å². The first kappa shape index (κ1) is 21.4. The second-order valence-corrected chi connectivity index (χ2v) is 6.33. The quantitative estimate of drug-likeness (QED) is 0.490. The van der Waals surface area contributed by atoms with E-state index in [-0.39, 0.29) is 12.3 Å². The zero-order chi connectivity index (χ0) is 20.5. The summed E-state index contributed by atoms with van der Waals surface area (Å²) < 4.78 is 20.9. The zero-order valence-electron chi connectivity index (χ0n) is 16.6. The van der Waals surface area contributed by atoms with E-state index in [2.05, 4.69) is 10.5 Å². The minimum Gasteiger partial charge on any atom is -0.489 e. The third-order valence-corrected chi connectivity index (χ3v) is 4.12. The highest BCUT2D eigenvalue weighted by Gasteiger charge is 2.17. The molecular weight excluding hydrogens is 364 g/mol. The molecule has 0 saturated carbocycles. The number of aromatic nitrogens is 1. The van der Waals surface area contributed by atoms with Crippen LogP contribution in [-0.4, -0.2) is 43.4 Å². The lowest BCUT2D eigenvalue weighted by Crippen LogP contribution is -2.37. The van der Waals surface area contributed by atoms with Crippen LogP contribution >= 0.6 is 0 Å².